The van der Waals surface area contributed by atoms with Crippen molar-refractivity contribution in [3.05, 3.63) is 24.5 Å². The highest BCUT2D eigenvalue weighted by Gasteiger charge is 2.26. The van der Waals surface area contributed by atoms with E-state index in [1.807, 2.05) is 13.8 Å². The molecule has 0 aliphatic rings. The van der Waals surface area contributed by atoms with Crippen LogP contribution in [0.1, 0.15) is 26.7 Å². The lowest BCUT2D eigenvalue weighted by Gasteiger charge is -2.25. The molecule has 3 N–H and O–H groups in total. The maximum absolute atomic E-state index is 12.3. The Balaban J connectivity index is 2.27. The number of aliphatic hydroxyl groups is 1. The summed E-state index contributed by atoms with van der Waals surface area (Å²) in [5.74, 6) is 0. The van der Waals surface area contributed by atoms with Crippen molar-refractivity contribution < 1.29 is 13.5 Å². The molecule has 0 fully saturated rings. The molecule has 0 aromatic carbocycles. The van der Waals surface area contributed by atoms with Gasteiger partial charge in [-0.2, -0.15) is 0 Å². The molecule has 0 aliphatic heterocycles. The Morgan fingerprint density at radius 2 is 2.10 bits per heavy atom. The van der Waals surface area contributed by atoms with Crippen LogP contribution < -0.4 is 4.72 Å². The fourth-order valence-electron chi connectivity index (χ4n) is 1.96. The maximum Gasteiger partial charge on any atom is 0.242 e. The number of pyridine rings is 1. The average molecular weight is 297 g/mol. The normalized spacial score (nSPS) is 12.9. The van der Waals surface area contributed by atoms with Crippen molar-refractivity contribution in [1.29, 1.82) is 0 Å². The summed E-state index contributed by atoms with van der Waals surface area (Å²) in [5.41, 5.74) is -0.494. The van der Waals surface area contributed by atoms with Gasteiger partial charge in [-0.3, -0.25) is 0 Å². The number of hydrogen-bond acceptors (Lipinski definition) is 4. The molecule has 2 rings (SSSR count). The van der Waals surface area contributed by atoms with E-state index < -0.39 is 15.6 Å². The van der Waals surface area contributed by atoms with E-state index in [0.29, 0.717) is 23.9 Å². The Morgan fingerprint density at radius 3 is 2.75 bits per heavy atom. The lowest BCUT2D eigenvalue weighted by atomic mass is 9.98. The minimum Gasteiger partial charge on any atom is -0.389 e. The highest BCUT2D eigenvalue weighted by atomic mass is 32.2. The molecule has 2 heterocycles. The minimum atomic E-state index is -3.68. The summed E-state index contributed by atoms with van der Waals surface area (Å²) in [6.07, 6.45) is 3.98. The van der Waals surface area contributed by atoms with E-state index in [1.54, 1.807) is 18.3 Å². The van der Waals surface area contributed by atoms with Gasteiger partial charge >= 0.3 is 0 Å². The summed E-state index contributed by atoms with van der Waals surface area (Å²) in [7, 11) is -3.68. The van der Waals surface area contributed by atoms with E-state index in [0.717, 1.165) is 0 Å². The van der Waals surface area contributed by atoms with Gasteiger partial charge in [0.25, 0.3) is 0 Å². The molecule has 0 saturated heterocycles. The smallest absolute Gasteiger partial charge is 0.242 e. The zero-order valence-electron chi connectivity index (χ0n) is 11.5. The molecule has 0 atom stereocenters. The van der Waals surface area contributed by atoms with Gasteiger partial charge in [-0.15, -0.1) is 0 Å². The van der Waals surface area contributed by atoms with Gasteiger partial charge < -0.3 is 10.1 Å². The number of nitrogens with one attached hydrogen (secondary N) is 2. The number of aromatic amines is 1. The summed E-state index contributed by atoms with van der Waals surface area (Å²) in [6, 6.07) is 3.38. The Morgan fingerprint density at radius 1 is 1.40 bits per heavy atom. The second-order valence-corrected chi connectivity index (χ2v) is 6.54. The molecule has 7 heteroatoms. The molecule has 0 spiro atoms. The summed E-state index contributed by atoms with van der Waals surface area (Å²) in [4.78, 5) is 7.03. The van der Waals surface area contributed by atoms with Crippen molar-refractivity contribution in [2.75, 3.05) is 6.54 Å². The van der Waals surface area contributed by atoms with Crippen LogP contribution in [0.3, 0.4) is 0 Å². The van der Waals surface area contributed by atoms with E-state index in [-0.39, 0.29) is 11.4 Å². The molecule has 2 aromatic rings. The SMILES string of the molecule is CCC(O)(CC)CNS(=O)(=O)c1c[nH]c2ncccc12. The number of nitrogens with zero attached hydrogens (tertiary/aromatic N) is 1. The van der Waals surface area contributed by atoms with Crippen LogP contribution in [0.25, 0.3) is 11.0 Å². The van der Waals surface area contributed by atoms with E-state index in [9.17, 15) is 13.5 Å². The molecule has 0 unspecified atom stereocenters. The predicted molar refractivity (Wildman–Crippen MR) is 76.8 cm³/mol. The molecule has 0 radical (unpaired) electrons. The van der Waals surface area contributed by atoms with Crippen molar-refractivity contribution in [2.24, 2.45) is 0 Å². The Labute approximate surface area is 118 Å². The van der Waals surface area contributed by atoms with Gasteiger partial charge in [-0.25, -0.2) is 18.1 Å². The third kappa shape index (κ3) is 2.84. The van der Waals surface area contributed by atoms with Crippen LogP contribution in [-0.2, 0) is 10.0 Å². The molecule has 6 nitrogen and oxygen atoms in total. The molecular formula is C13H19N3O3S. The third-order valence-electron chi connectivity index (χ3n) is 3.61. The van der Waals surface area contributed by atoms with Crippen molar-refractivity contribution >= 4 is 21.1 Å². The van der Waals surface area contributed by atoms with Gasteiger partial charge in [0.1, 0.15) is 10.5 Å². The maximum atomic E-state index is 12.3. The van der Waals surface area contributed by atoms with E-state index in [1.165, 1.54) is 6.20 Å². The lowest BCUT2D eigenvalue weighted by Crippen LogP contribution is -2.41. The van der Waals surface area contributed by atoms with Crippen molar-refractivity contribution in [3.63, 3.8) is 0 Å². The quantitative estimate of drug-likeness (QED) is 0.751. The average Bonchev–Trinajstić information content (AvgIpc) is 2.89. The van der Waals surface area contributed by atoms with E-state index in [2.05, 4.69) is 14.7 Å². The summed E-state index contributed by atoms with van der Waals surface area (Å²) < 4.78 is 27.1. The lowest BCUT2D eigenvalue weighted by molar-refractivity contribution is 0.0377. The molecule has 0 amide bonds. The highest BCUT2D eigenvalue weighted by molar-refractivity contribution is 7.89. The monoisotopic (exact) mass is 297 g/mol. The fraction of sp³-hybridized carbons (Fsp3) is 0.462. The fourth-order valence-corrected chi connectivity index (χ4v) is 3.24. The van der Waals surface area contributed by atoms with E-state index in [4.69, 9.17) is 0 Å². The summed E-state index contributed by atoms with van der Waals surface area (Å²) >= 11 is 0. The Bertz CT molecular complexity index is 690. The van der Waals surface area contributed by atoms with Crippen molar-refractivity contribution in [1.82, 2.24) is 14.7 Å². The number of sulfonamides is 1. The highest BCUT2D eigenvalue weighted by Crippen LogP contribution is 2.21. The number of hydrogen-bond donors (Lipinski definition) is 3. The number of fused-ring (bicyclic) bond motifs is 1. The predicted octanol–water partition coefficient (Wildman–Crippen LogP) is 1.39. The van der Waals surface area contributed by atoms with E-state index >= 15 is 0 Å². The second-order valence-electron chi connectivity index (χ2n) is 4.81. The molecule has 20 heavy (non-hydrogen) atoms. The summed E-state index contributed by atoms with van der Waals surface area (Å²) in [5, 5.41) is 10.7. The van der Waals surface area contributed by atoms with Crippen molar-refractivity contribution in [3.8, 4) is 0 Å². The first-order chi connectivity index (χ1) is 9.42. The molecule has 0 saturated carbocycles. The zero-order valence-corrected chi connectivity index (χ0v) is 12.4. The number of rotatable bonds is 6. The zero-order chi connectivity index (χ0) is 14.8. The molecule has 0 aliphatic carbocycles. The first-order valence-electron chi connectivity index (χ1n) is 6.56. The van der Waals surface area contributed by atoms with Crippen LogP contribution in [0.2, 0.25) is 0 Å². The van der Waals surface area contributed by atoms with Crippen LogP contribution in [0.4, 0.5) is 0 Å². The Kier molecular flexibility index (Phi) is 4.12. The van der Waals surface area contributed by atoms with Gasteiger partial charge in [0.15, 0.2) is 0 Å². The van der Waals surface area contributed by atoms with Crippen LogP contribution in [0.15, 0.2) is 29.4 Å². The second kappa shape index (κ2) is 5.51. The first kappa shape index (κ1) is 15.0. The first-order valence-corrected chi connectivity index (χ1v) is 8.04. The molecular weight excluding hydrogens is 278 g/mol. The van der Waals surface area contributed by atoms with Crippen molar-refractivity contribution in [2.45, 2.75) is 37.2 Å². The molecule has 2 aromatic heterocycles. The third-order valence-corrected chi connectivity index (χ3v) is 5.05. The number of H-pyrrole nitrogens is 1. The largest absolute Gasteiger partial charge is 0.389 e. The van der Waals surface area contributed by atoms with Crippen LogP contribution in [0.5, 0.6) is 0 Å². The molecule has 110 valence electrons. The number of aromatic nitrogens is 2. The van der Waals surface area contributed by atoms with Gasteiger partial charge in [-0.1, -0.05) is 13.8 Å². The van der Waals surface area contributed by atoms with Gasteiger partial charge in [0, 0.05) is 24.3 Å². The van der Waals surface area contributed by atoms with Gasteiger partial charge in [-0.05, 0) is 25.0 Å². The van der Waals surface area contributed by atoms with Crippen LogP contribution in [-0.4, -0.2) is 35.6 Å². The van der Waals surface area contributed by atoms with Crippen LogP contribution in [0, 0.1) is 0 Å². The molecule has 0 bridgehead atoms. The standard InChI is InChI=1S/C13H19N3O3S/c1-3-13(17,4-2)9-16-20(18,19)11-8-15-12-10(11)6-5-7-14-12/h5-8,16-17H,3-4,9H2,1-2H3,(H,14,15). The van der Waals surface area contributed by atoms with Gasteiger partial charge in [0.05, 0.1) is 5.60 Å². The topological polar surface area (TPSA) is 95.1 Å². The minimum absolute atomic E-state index is 0.00469. The van der Waals surface area contributed by atoms with Gasteiger partial charge in [0.2, 0.25) is 10.0 Å². The summed E-state index contributed by atoms with van der Waals surface area (Å²) in [6.45, 7) is 3.65. The Hall–Kier alpha value is -1.44. The van der Waals surface area contributed by atoms with Crippen LogP contribution >= 0.6 is 0 Å².